The predicted molar refractivity (Wildman–Crippen MR) is 102 cm³/mol. The zero-order valence-electron chi connectivity index (χ0n) is 15.7. The third kappa shape index (κ3) is 4.16. The minimum absolute atomic E-state index is 0.134. The molecule has 2 atom stereocenters. The molecule has 0 saturated heterocycles. The summed E-state index contributed by atoms with van der Waals surface area (Å²) in [6.45, 7) is 2.70. The highest BCUT2D eigenvalue weighted by molar-refractivity contribution is 6.30. The Kier molecular flexibility index (Phi) is 5.98. The van der Waals surface area contributed by atoms with Gasteiger partial charge in [-0.25, -0.2) is 13.8 Å². The van der Waals surface area contributed by atoms with Crippen molar-refractivity contribution < 1.29 is 18.3 Å². The summed E-state index contributed by atoms with van der Waals surface area (Å²) in [6, 6.07) is 6.52. The molecule has 2 heterocycles. The van der Waals surface area contributed by atoms with Crippen molar-refractivity contribution in [2.75, 3.05) is 6.61 Å². The van der Waals surface area contributed by atoms with Gasteiger partial charge in [-0.05, 0) is 36.2 Å². The van der Waals surface area contributed by atoms with E-state index in [1.807, 2.05) is 17.9 Å². The number of hydrogen-bond donors (Lipinski definition) is 1. The maximum atomic E-state index is 13.1. The highest BCUT2D eigenvalue weighted by Gasteiger charge is 2.35. The molecule has 0 bridgehead atoms. The van der Waals surface area contributed by atoms with Crippen LogP contribution >= 0.6 is 11.6 Å². The van der Waals surface area contributed by atoms with Crippen LogP contribution in [0.15, 0.2) is 30.5 Å². The van der Waals surface area contributed by atoms with Gasteiger partial charge >= 0.3 is 0 Å². The number of ether oxygens (including phenoxy) is 1. The Balaban J connectivity index is 1.85. The molecule has 8 heteroatoms. The van der Waals surface area contributed by atoms with Crippen LogP contribution in [-0.4, -0.2) is 28.7 Å². The van der Waals surface area contributed by atoms with Gasteiger partial charge in [0.05, 0.1) is 6.04 Å². The van der Waals surface area contributed by atoms with Crippen LogP contribution in [-0.2, 0) is 17.9 Å². The lowest BCUT2D eigenvalue weighted by Crippen LogP contribution is -2.27. The first kappa shape index (κ1) is 20.6. The maximum absolute atomic E-state index is 13.1. The normalized spacial score (nSPS) is 18.0. The van der Waals surface area contributed by atoms with Gasteiger partial charge < -0.3 is 15.3 Å². The van der Waals surface area contributed by atoms with Gasteiger partial charge in [0, 0.05) is 43.4 Å². The first-order valence-electron chi connectivity index (χ1n) is 8.93. The molecule has 0 spiro atoms. The van der Waals surface area contributed by atoms with Crippen molar-refractivity contribution in [3.8, 4) is 5.75 Å². The number of nitrogens with zero attached hydrogens (tertiary/aromatic N) is 2. The van der Waals surface area contributed by atoms with E-state index < -0.39 is 18.6 Å². The number of alkyl halides is 2. The first-order valence-corrected chi connectivity index (χ1v) is 9.30. The number of halogens is 3. The third-order valence-electron chi connectivity index (χ3n) is 4.95. The average Bonchev–Trinajstić information content (AvgIpc) is 3.05. The average molecular weight is 410 g/mol. The van der Waals surface area contributed by atoms with Crippen molar-refractivity contribution in [3.05, 3.63) is 57.9 Å². The molecule has 0 saturated carbocycles. The van der Waals surface area contributed by atoms with E-state index in [2.05, 4.69) is 4.98 Å². The predicted octanol–water partition coefficient (Wildman–Crippen LogP) is 4.04. The van der Waals surface area contributed by atoms with E-state index in [-0.39, 0.29) is 12.6 Å². The van der Waals surface area contributed by atoms with Gasteiger partial charge in [0.15, 0.2) is 6.61 Å². The lowest BCUT2D eigenvalue weighted by molar-refractivity contribution is -0.113. The molecule has 1 aromatic carbocycles. The standard InChI is InChI=1S/C20H22ClF2N3O2/c1-12(26-9-16-15(17(26)10-27)5-6-25-19(16)21)13-3-4-18(14(7-13)8-24)28-11-20(2,22)23/h3-7,10,12,17H,8-9,11,24H2,1-2H3. The van der Waals surface area contributed by atoms with Crippen LogP contribution in [0.5, 0.6) is 5.75 Å². The van der Waals surface area contributed by atoms with Gasteiger partial charge in [-0.2, -0.15) is 0 Å². The van der Waals surface area contributed by atoms with Crippen molar-refractivity contribution in [2.24, 2.45) is 5.73 Å². The highest BCUT2D eigenvalue weighted by atomic mass is 35.5. The quantitative estimate of drug-likeness (QED) is 0.552. The summed E-state index contributed by atoms with van der Waals surface area (Å²) in [7, 11) is 0. The number of aldehydes is 1. The third-order valence-corrected chi connectivity index (χ3v) is 5.28. The van der Waals surface area contributed by atoms with Crippen molar-refractivity contribution in [1.82, 2.24) is 9.88 Å². The van der Waals surface area contributed by atoms with Gasteiger partial charge in [-0.1, -0.05) is 17.7 Å². The molecule has 0 radical (unpaired) electrons. The van der Waals surface area contributed by atoms with Gasteiger partial charge in [0.1, 0.15) is 17.2 Å². The monoisotopic (exact) mass is 409 g/mol. The highest BCUT2D eigenvalue weighted by Crippen LogP contribution is 2.41. The molecular weight excluding hydrogens is 388 g/mol. The molecule has 3 rings (SSSR count). The van der Waals surface area contributed by atoms with E-state index in [9.17, 15) is 13.6 Å². The van der Waals surface area contributed by atoms with Gasteiger partial charge in [0.2, 0.25) is 0 Å². The summed E-state index contributed by atoms with van der Waals surface area (Å²) in [5.41, 5.74) is 9.02. The molecular formula is C20H22ClF2N3O2. The fraction of sp³-hybridized carbons (Fsp3) is 0.400. The molecule has 2 unspecified atom stereocenters. The Morgan fingerprint density at radius 1 is 1.46 bits per heavy atom. The van der Waals surface area contributed by atoms with E-state index in [4.69, 9.17) is 22.1 Å². The van der Waals surface area contributed by atoms with Crippen molar-refractivity contribution >= 4 is 17.9 Å². The molecule has 5 nitrogen and oxygen atoms in total. The van der Waals surface area contributed by atoms with Crippen molar-refractivity contribution in [1.29, 1.82) is 0 Å². The fourth-order valence-electron chi connectivity index (χ4n) is 3.46. The second-order valence-electron chi connectivity index (χ2n) is 7.03. The summed E-state index contributed by atoms with van der Waals surface area (Å²) in [5, 5.41) is 0.394. The number of benzene rings is 1. The number of nitrogens with two attached hydrogens (primary N) is 1. The molecule has 2 N–H and O–H groups in total. The van der Waals surface area contributed by atoms with Crippen molar-refractivity contribution in [2.45, 2.75) is 44.9 Å². The smallest absolute Gasteiger partial charge is 0.278 e. The lowest BCUT2D eigenvalue weighted by Gasteiger charge is -2.29. The Morgan fingerprint density at radius 2 is 2.21 bits per heavy atom. The van der Waals surface area contributed by atoms with Crippen LogP contribution in [0.2, 0.25) is 5.15 Å². The van der Waals surface area contributed by atoms with E-state index in [0.717, 1.165) is 29.9 Å². The second kappa shape index (κ2) is 8.11. The Bertz CT molecular complexity index is 873. The molecule has 0 aliphatic carbocycles. The van der Waals surface area contributed by atoms with Crippen molar-refractivity contribution in [3.63, 3.8) is 0 Å². The van der Waals surface area contributed by atoms with E-state index in [1.54, 1.807) is 24.4 Å². The Labute approximate surface area is 167 Å². The number of pyridine rings is 1. The van der Waals surface area contributed by atoms with Gasteiger partial charge in [-0.15, -0.1) is 0 Å². The number of carbonyl (C=O) groups is 1. The molecule has 0 amide bonds. The first-order chi connectivity index (χ1) is 13.2. The maximum Gasteiger partial charge on any atom is 0.278 e. The SMILES string of the molecule is CC(c1ccc(OCC(C)(F)F)c(CN)c1)N1Cc2c(ccnc2Cl)C1C=O. The summed E-state index contributed by atoms with van der Waals surface area (Å²) in [5.74, 6) is -2.59. The van der Waals surface area contributed by atoms with Gasteiger partial charge in [-0.3, -0.25) is 4.90 Å². The Hall–Kier alpha value is -2.09. The fourth-order valence-corrected chi connectivity index (χ4v) is 3.68. The summed E-state index contributed by atoms with van der Waals surface area (Å²) >= 11 is 6.20. The van der Waals surface area contributed by atoms with Crippen LogP contribution in [0.4, 0.5) is 8.78 Å². The van der Waals surface area contributed by atoms with E-state index >= 15 is 0 Å². The van der Waals surface area contributed by atoms with Crippen LogP contribution < -0.4 is 10.5 Å². The van der Waals surface area contributed by atoms with Crippen LogP contribution in [0.25, 0.3) is 0 Å². The number of hydrogen-bond acceptors (Lipinski definition) is 5. The molecule has 28 heavy (non-hydrogen) atoms. The van der Waals surface area contributed by atoms with Crippen LogP contribution in [0.3, 0.4) is 0 Å². The summed E-state index contributed by atoms with van der Waals surface area (Å²) in [4.78, 5) is 17.9. The number of rotatable bonds is 7. The van der Waals surface area contributed by atoms with E-state index in [0.29, 0.717) is 23.0 Å². The minimum atomic E-state index is -2.93. The number of aromatic nitrogens is 1. The molecule has 1 aromatic heterocycles. The number of fused-ring (bicyclic) bond motifs is 1. The molecule has 2 aromatic rings. The zero-order chi connectivity index (χ0) is 20.5. The largest absolute Gasteiger partial charge is 0.487 e. The second-order valence-corrected chi connectivity index (χ2v) is 7.39. The lowest BCUT2D eigenvalue weighted by atomic mass is 10.0. The van der Waals surface area contributed by atoms with Gasteiger partial charge in [0.25, 0.3) is 5.92 Å². The molecule has 0 fully saturated rings. The molecule has 1 aliphatic rings. The van der Waals surface area contributed by atoms with Crippen LogP contribution in [0, 0.1) is 0 Å². The minimum Gasteiger partial charge on any atom is -0.487 e. The number of carbonyl (C=O) groups excluding carboxylic acids is 1. The molecule has 150 valence electrons. The molecule has 1 aliphatic heterocycles. The Morgan fingerprint density at radius 3 is 2.86 bits per heavy atom. The topological polar surface area (TPSA) is 68.5 Å². The summed E-state index contributed by atoms with van der Waals surface area (Å²) in [6.07, 6.45) is 2.48. The summed E-state index contributed by atoms with van der Waals surface area (Å²) < 4.78 is 31.4. The van der Waals surface area contributed by atoms with E-state index in [1.165, 1.54) is 0 Å². The van der Waals surface area contributed by atoms with Crippen LogP contribution in [0.1, 0.15) is 48.2 Å². The zero-order valence-corrected chi connectivity index (χ0v) is 16.4.